The van der Waals surface area contributed by atoms with Gasteiger partial charge in [-0.1, -0.05) is 72.8 Å². The van der Waals surface area contributed by atoms with E-state index in [9.17, 15) is 0 Å². The molecule has 120 valence electrons. The summed E-state index contributed by atoms with van der Waals surface area (Å²) in [5.41, 5.74) is 5.73. The third-order valence-corrected chi connectivity index (χ3v) is 3.97. The molecule has 3 aromatic rings. The van der Waals surface area contributed by atoms with Gasteiger partial charge in [0.25, 0.3) is 0 Å². The summed E-state index contributed by atoms with van der Waals surface area (Å²) in [6.45, 7) is 0.681. The average Bonchev–Trinajstić information content (AvgIpc) is 2.64. The van der Waals surface area contributed by atoms with Crippen LogP contribution in [0, 0.1) is 0 Å². The van der Waals surface area contributed by atoms with Crippen LogP contribution in [-0.4, -0.2) is 19.8 Å². The van der Waals surface area contributed by atoms with Crippen LogP contribution in [0.4, 0.5) is 5.69 Å². The maximum Gasteiger partial charge on any atom is 0.0723 e. The minimum absolute atomic E-state index is 0.681. The molecule has 0 saturated heterocycles. The van der Waals surface area contributed by atoms with Gasteiger partial charge >= 0.3 is 0 Å². The van der Waals surface area contributed by atoms with E-state index in [1.165, 1.54) is 11.3 Å². The second-order valence-corrected chi connectivity index (χ2v) is 5.96. The second-order valence-electron chi connectivity index (χ2n) is 5.96. The Morgan fingerprint density at radius 1 is 0.708 bits per heavy atom. The van der Waals surface area contributed by atoms with Gasteiger partial charge < -0.3 is 4.90 Å². The maximum absolute atomic E-state index is 4.91. The Morgan fingerprint density at radius 2 is 1.25 bits per heavy atom. The van der Waals surface area contributed by atoms with Crippen molar-refractivity contribution in [2.45, 2.75) is 6.54 Å². The Balaban J connectivity index is 1.96. The summed E-state index contributed by atoms with van der Waals surface area (Å²) >= 11 is 0. The SMILES string of the molecule is CN(C)c1ccc(C(=NCc2ccccc2)c2ccccc2)cc1. The molecule has 3 rings (SSSR count). The fourth-order valence-electron chi connectivity index (χ4n) is 2.62. The molecule has 0 bridgehead atoms. The first-order chi connectivity index (χ1) is 11.7. The summed E-state index contributed by atoms with van der Waals surface area (Å²) in [6, 6.07) is 29.3. The van der Waals surface area contributed by atoms with Crippen molar-refractivity contribution in [2.24, 2.45) is 4.99 Å². The van der Waals surface area contributed by atoms with E-state index in [0.29, 0.717) is 6.54 Å². The largest absolute Gasteiger partial charge is 0.378 e. The molecule has 0 atom stereocenters. The molecule has 0 aliphatic heterocycles. The lowest BCUT2D eigenvalue weighted by Gasteiger charge is -2.14. The molecule has 24 heavy (non-hydrogen) atoms. The van der Waals surface area contributed by atoms with Crippen LogP contribution in [0.3, 0.4) is 0 Å². The van der Waals surface area contributed by atoms with Crippen LogP contribution in [0.5, 0.6) is 0 Å². The highest BCUT2D eigenvalue weighted by atomic mass is 15.1. The van der Waals surface area contributed by atoms with Gasteiger partial charge in [0.15, 0.2) is 0 Å². The molecule has 0 aliphatic carbocycles. The number of benzene rings is 3. The molecular weight excluding hydrogens is 292 g/mol. The van der Waals surface area contributed by atoms with Gasteiger partial charge in [-0.2, -0.15) is 0 Å². The first-order valence-electron chi connectivity index (χ1n) is 8.15. The number of hydrogen-bond acceptors (Lipinski definition) is 2. The van der Waals surface area contributed by atoms with Crippen molar-refractivity contribution in [3.63, 3.8) is 0 Å². The fourth-order valence-corrected chi connectivity index (χ4v) is 2.62. The van der Waals surface area contributed by atoms with Gasteiger partial charge in [0, 0.05) is 30.9 Å². The van der Waals surface area contributed by atoms with Crippen LogP contribution in [-0.2, 0) is 6.54 Å². The standard InChI is InChI=1S/C22H22N2/c1-24(2)21-15-13-20(14-16-21)22(19-11-7-4-8-12-19)23-17-18-9-5-3-6-10-18/h3-16H,17H2,1-2H3. The highest BCUT2D eigenvalue weighted by molar-refractivity contribution is 6.13. The smallest absolute Gasteiger partial charge is 0.0723 e. The van der Waals surface area contributed by atoms with Crippen molar-refractivity contribution in [1.29, 1.82) is 0 Å². The number of hydrogen-bond donors (Lipinski definition) is 0. The normalized spacial score (nSPS) is 11.3. The zero-order chi connectivity index (χ0) is 16.8. The molecule has 0 N–H and O–H groups in total. The molecule has 0 radical (unpaired) electrons. The first kappa shape index (κ1) is 16.0. The molecule has 3 aromatic carbocycles. The van der Waals surface area contributed by atoms with Crippen LogP contribution in [0.15, 0.2) is 89.9 Å². The van der Waals surface area contributed by atoms with Crippen molar-refractivity contribution in [1.82, 2.24) is 0 Å². The number of anilines is 1. The van der Waals surface area contributed by atoms with E-state index < -0.39 is 0 Å². The van der Waals surface area contributed by atoms with Gasteiger partial charge in [0.2, 0.25) is 0 Å². The summed E-state index contributed by atoms with van der Waals surface area (Å²) in [6.07, 6.45) is 0. The number of nitrogens with zero attached hydrogens (tertiary/aromatic N) is 2. The molecule has 0 saturated carbocycles. The van der Waals surface area contributed by atoms with E-state index in [4.69, 9.17) is 4.99 Å². The summed E-state index contributed by atoms with van der Waals surface area (Å²) in [7, 11) is 4.10. The van der Waals surface area contributed by atoms with Crippen molar-refractivity contribution in [2.75, 3.05) is 19.0 Å². The minimum atomic E-state index is 0.681. The second kappa shape index (κ2) is 7.60. The van der Waals surface area contributed by atoms with Gasteiger partial charge in [-0.3, -0.25) is 4.99 Å². The lowest BCUT2D eigenvalue weighted by molar-refractivity contribution is 1.07. The van der Waals surface area contributed by atoms with Gasteiger partial charge in [-0.15, -0.1) is 0 Å². The molecule has 0 aromatic heterocycles. The number of aliphatic imine (C=N–C) groups is 1. The Bertz CT molecular complexity index is 788. The van der Waals surface area contributed by atoms with E-state index in [0.717, 1.165) is 16.8 Å². The predicted octanol–water partition coefficient (Wildman–Crippen LogP) is 4.79. The van der Waals surface area contributed by atoms with Crippen molar-refractivity contribution in [3.05, 3.63) is 102 Å². The molecular formula is C22H22N2. The lowest BCUT2D eigenvalue weighted by Crippen LogP contribution is -2.09. The molecule has 0 heterocycles. The zero-order valence-electron chi connectivity index (χ0n) is 14.2. The van der Waals surface area contributed by atoms with Gasteiger partial charge in [0.05, 0.1) is 12.3 Å². The van der Waals surface area contributed by atoms with Crippen LogP contribution in [0.2, 0.25) is 0 Å². The summed E-state index contributed by atoms with van der Waals surface area (Å²) in [4.78, 5) is 7.02. The maximum atomic E-state index is 4.91. The Kier molecular flexibility index (Phi) is 5.07. The summed E-state index contributed by atoms with van der Waals surface area (Å²) in [5.74, 6) is 0. The topological polar surface area (TPSA) is 15.6 Å². The van der Waals surface area contributed by atoms with Crippen molar-refractivity contribution < 1.29 is 0 Å². The minimum Gasteiger partial charge on any atom is -0.378 e. The van der Waals surface area contributed by atoms with Gasteiger partial charge in [-0.25, -0.2) is 0 Å². The van der Waals surface area contributed by atoms with E-state index in [-0.39, 0.29) is 0 Å². The molecule has 0 unspecified atom stereocenters. The molecule has 0 amide bonds. The van der Waals surface area contributed by atoms with E-state index in [2.05, 4.69) is 91.8 Å². The van der Waals surface area contributed by atoms with E-state index in [1.54, 1.807) is 0 Å². The zero-order valence-corrected chi connectivity index (χ0v) is 14.2. The average molecular weight is 314 g/mol. The van der Waals surface area contributed by atoms with Gasteiger partial charge in [0.1, 0.15) is 0 Å². The summed E-state index contributed by atoms with van der Waals surface area (Å²) < 4.78 is 0. The van der Waals surface area contributed by atoms with E-state index in [1.807, 2.05) is 12.1 Å². The molecule has 2 heteroatoms. The Hall–Kier alpha value is -2.87. The number of rotatable bonds is 5. The first-order valence-corrected chi connectivity index (χ1v) is 8.15. The molecule has 0 aliphatic rings. The van der Waals surface area contributed by atoms with Crippen LogP contribution in [0.1, 0.15) is 16.7 Å². The van der Waals surface area contributed by atoms with Crippen LogP contribution >= 0.6 is 0 Å². The van der Waals surface area contributed by atoms with Crippen LogP contribution in [0.25, 0.3) is 0 Å². The molecule has 0 spiro atoms. The predicted molar refractivity (Wildman–Crippen MR) is 103 cm³/mol. The van der Waals surface area contributed by atoms with Crippen molar-refractivity contribution >= 4 is 11.4 Å². The fraction of sp³-hybridized carbons (Fsp3) is 0.136. The Labute approximate surface area is 144 Å². The van der Waals surface area contributed by atoms with Crippen molar-refractivity contribution in [3.8, 4) is 0 Å². The molecule has 2 nitrogen and oxygen atoms in total. The Morgan fingerprint density at radius 3 is 1.83 bits per heavy atom. The lowest BCUT2D eigenvalue weighted by atomic mass is 10.0. The highest BCUT2D eigenvalue weighted by Gasteiger charge is 2.07. The summed E-state index contributed by atoms with van der Waals surface area (Å²) in [5, 5.41) is 0. The highest BCUT2D eigenvalue weighted by Crippen LogP contribution is 2.17. The quantitative estimate of drug-likeness (QED) is 0.618. The van der Waals surface area contributed by atoms with Crippen LogP contribution < -0.4 is 4.90 Å². The van der Waals surface area contributed by atoms with Gasteiger partial charge in [-0.05, 0) is 17.7 Å². The van der Waals surface area contributed by atoms with E-state index >= 15 is 0 Å². The molecule has 0 fully saturated rings. The monoisotopic (exact) mass is 314 g/mol. The third-order valence-electron chi connectivity index (χ3n) is 3.97. The third kappa shape index (κ3) is 3.90.